The van der Waals surface area contributed by atoms with E-state index in [4.69, 9.17) is 40.8 Å². The van der Waals surface area contributed by atoms with Crippen molar-refractivity contribution >= 4 is 40.7 Å². The molecule has 4 aromatic carbocycles. The molecule has 49 heavy (non-hydrogen) atoms. The molecule has 246 valence electrons. The maximum absolute atomic E-state index is 14.4. The summed E-state index contributed by atoms with van der Waals surface area (Å²) in [5, 5.41) is 9.58. The third-order valence-corrected chi connectivity index (χ3v) is 9.05. The van der Waals surface area contributed by atoms with E-state index >= 15 is 0 Å². The van der Waals surface area contributed by atoms with Crippen LogP contribution in [-0.4, -0.2) is 31.4 Å². The van der Waals surface area contributed by atoms with Crippen LogP contribution >= 0.6 is 22.9 Å². The number of hydrogen-bond acceptors (Lipinski definition) is 9. The number of methoxy groups -OCH3 is 2. The molecular formula is C38H30ClN3O6S. The molecule has 5 aromatic rings. The average molecular weight is 692 g/mol. The van der Waals surface area contributed by atoms with Crippen molar-refractivity contribution in [3.63, 3.8) is 0 Å². The second-order valence-electron chi connectivity index (χ2n) is 10.8. The summed E-state index contributed by atoms with van der Waals surface area (Å²) in [5.74, 6) is 0.852. The van der Waals surface area contributed by atoms with E-state index in [1.54, 1.807) is 61.5 Å². The molecule has 6 rings (SSSR count). The summed E-state index contributed by atoms with van der Waals surface area (Å²) in [6, 6.07) is 28.1. The molecule has 1 aliphatic rings. The van der Waals surface area contributed by atoms with Crippen molar-refractivity contribution in [1.82, 2.24) is 4.57 Å². The molecule has 0 fully saturated rings. The summed E-state index contributed by atoms with van der Waals surface area (Å²) in [7, 11) is 3.06. The smallest absolute Gasteiger partial charge is 0.338 e. The highest BCUT2D eigenvalue weighted by Crippen LogP contribution is 2.38. The molecule has 0 N–H and O–H groups in total. The number of nitriles is 1. The van der Waals surface area contributed by atoms with Gasteiger partial charge in [0.15, 0.2) is 16.3 Å². The molecule has 2 heterocycles. The zero-order chi connectivity index (χ0) is 34.5. The highest BCUT2D eigenvalue weighted by atomic mass is 35.5. The Morgan fingerprint density at radius 2 is 1.71 bits per heavy atom. The van der Waals surface area contributed by atoms with Gasteiger partial charge >= 0.3 is 5.97 Å². The van der Waals surface area contributed by atoms with Crippen LogP contribution in [0, 0.1) is 11.3 Å². The van der Waals surface area contributed by atoms with Crippen LogP contribution in [0.1, 0.15) is 40.8 Å². The average Bonchev–Trinajstić information content (AvgIpc) is 3.44. The van der Waals surface area contributed by atoms with Gasteiger partial charge in [-0.15, -0.1) is 0 Å². The fraction of sp³-hybridized carbons (Fsp3) is 0.158. The molecule has 9 nitrogen and oxygen atoms in total. The maximum Gasteiger partial charge on any atom is 0.338 e. The molecule has 0 bridgehead atoms. The van der Waals surface area contributed by atoms with E-state index < -0.39 is 12.0 Å². The van der Waals surface area contributed by atoms with Gasteiger partial charge in [-0.1, -0.05) is 71.5 Å². The Balaban J connectivity index is 1.54. The van der Waals surface area contributed by atoms with Gasteiger partial charge in [0.05, 0.1) is 54.3 Å². The Morgan fingerprint density at radius 3 is 2.41 bits per heavy atom. The molecular weight excluding hydrogens is 662 g/mol. The van der Waals surface area contributed by atoms with Gasteiger partial charge in [-0.25, -0.2) is 9.79 Å². The van der Waals surface area contributed by atoms with E-state index in [9.17, 15) is 9.59 Å². The second-order valence-corrected chi connectivity index (χ2v) is 12.3. The largest absolute Gasteiger partial charge is 0.493 e. The van der Waals surface area contributed by atoms with Crippen LogP contribution in [0.25, 0.3) is 11.8 Å². The lowest BCUT2D eigenvalue weighted by Crippen LogP contribution is -2.40. The van der Waals surface area contributed by atoms with E-state index in [1.165, 1.54) is 30.1 Å². The fourth-order valence-electron chi connectivity index (χ4n) is 5.52. The Labute approximate surface area is 291 Å². The van der Waals surface area contributed by atoms with Crippen molar-refractivity contribution in [2.45, 2.75) is 19.6 Å². The molecule has 0 spiro atoms. The van der Waals surface area contributed by atoms with Crippen LogP contribution in [0.15, 0.2) is 106 Å². The number of carbonyl (C=O) groups excluding carboxylic acids is 1. The van der Waals surface area contributed by atoms with Gasteiger partial charge in [-0.05, 0) is 66.6 Å². The van der Waals surface area contributed by atoms with Gasteiger partial charge in [0.25, 0.3) is 5.56 Å². The second kappa shape index (κ2) is 14.6. The number of rotatable bonds is 10. The first-order valence-electron chi connectivity index (χ1n) is 15.3. The van der Waals surface area contributed by atoms with Gasteiger partial charge in [0, 0.05) is 16.1 Å². The Morgan fingerprint density at radius 1 is 0.980 bits per heavy atom. The first-order valence-corrected chi connectivity index (χ1v) is 16.5. The first-order chi connectivity index (χ1) is 23.8. The number of fused-ring (bicyclic) bond motifs is 1. The van der Waals surface area contributed by atoms with Gasteiger partial charge in [-0.2, -0.15) is 5.26 Å². The number of ether oxygens (including phenoxy) is 4. The number of esters is 1. The van der Waals surface area contributed by atoms with Crippen molar-refractivity contribution in [2.24, 2.45) is 4.99 Å². The van der Waals surface area contributed by atoms with Crippen molar-refractivity contribution in [3.05, 3.63) is 149 Å². The molecule has 0 radical (unpaired) electrons. The number of benzene rings is 4. The van der Waals surface area contributed by atoms with Gasteiger partial charge in [0.1, 0.15) is 12.4 Å². The van der Waals surface area contributed by atoms with Crippen LogP contribution in [0.3, 0.4) is 0 Å². The summed E-state index contributed by atoms with van der Waals surface area (Å²) >= 11 is 7.60. The number of thiazole rings is 1. The zero-order valence-electron chi connectivity index (χ0n) is 26.8. The van der Waals surface area contributed by atoms with E-state index in [-0.39, 0.29) is 24.3 Å². The van der Waals surface area contributed by atoms with E-state index in [1.807, 2.05) is 42.5 Å². The minimum Gasteiger partial charge on any atom is -0.493 e. The summed E-state index contributed by atoms with van der Waals surface area (Å²) in [5.41, 5.74) is 3.56. The molecule has 1 aromatic heterocycles. The van der Waals surface area contributed by atoms with Crippen LogP contribution in [0.5, 0.6) is 17.2 Å². The predicted molar refractivity (Wildman–Crippen MR) is 188 cm³/mol. The van der Waals surface area contributed by atoms with E-state index in [0.29, 0.717) is 59.6 Å². The molecule has 1 aliphatic heterocycles. The predicted octanol–water partition coefficient (Wildman–Crippen LogP) is 6.06. The topological polar surface area (TPSA) is 112 Å². The SMILES string of the molecule is CCOC(=O)C1=C(c2ccccc2)N=c2s/c(=C/c3cc(Cl)ccc3OCc3ccc(C#N)cc3)c(=O)n2C1c1ccc(OC)c(OC)c1. The monoisotopic (exact) mass is 691 g/mol. The first kappa shape index (κ1) is 33.3. The lowest BCUT2D eigenvalue weighted by atomic mass is 9.93. The zero-order valence-corrected chi connectivity index (χ0v) is 28.4. The lowest BCUT2D eigenvalue weighted by molar-refractivity contribution is -0.138. The quantitative estimate of drug-likeness (QED) is 0.164. The third kappa shape index (κ3) is 6.85. The van der Waals surface area contributed by atoms with Crippen molar-refractivity contribution in [2.75, 3.05) is 20.8 Å². The number of aromatic nitrogens is 1. The van der Waals surface area contributed by atoms with Crippen LogP contribution in [-0.2, 0) is 16.1 Å². The Bertz CT molecular complexity index is 2290. The number of halogens is 1. The summed E-state index contributed by atoms with van der Waals surface area (Å²) in [4.78, 5) is 33.5. The third-order valence-electron chi connectivity index (χ3n) is 7.83. The number of nitrogens with zero attached hydrogens (tertiary/aromatic N) is 3. The summed E-state index contributed by atoms with van der Waals surface area (Å²) < 4.78 is 24.7. The Hall–Kier alpha value is -5.63. The highest BCUT2D eigenvalue weighted by molar-refractivity contribution is 7.07. The Kier molecular flexibility index (Phi) is 9.95. The standard InChI is InChI=1S/C38H30ClN3O6S/c1-4-47-37(44)33-34(25-8-6-5-7-9-25)41-38-42(35(33)26-14-16-30(45-2)31(19-26)46-3)36(43)32(49-38)20-27-18-28(39)15-17-29(27)48-22-24-12-10-23(21-40)11-13-24/h5-20,35H,4,22H2,1-3H3/b32-20+. The van der Waals surface area contributed by atoms with Gasteiger partial charge < -0.3 is 18.9 Å². The molecule has 0 aliphatic carbocycles. The molecule has 1 unspecified atom stereocenters. The lowest BCUT2D eigenvalue weighted by Gasteiger charge is -2.26. The highest BCUT2D eigenvalue weighted by Gasteiger charge is 2.35. The van der Waals surface area contributed by atoms with Crippen molar-refractivity contribution in [1.29, 1.82) is 5.26 Å². The van der Waals surface area contributed by atoms with E-state index in [2.05, 4.69) is 6.07 Å². The normalized spacial score (nSPS) is 14.0. The number of hydrogen-bond donors (Lipinski definition) is 0. The van der Waals surface area contributed by atoms with Gasteiger partial charge in [-0.3, -0.25) is 9.36 Å². The molecule has 1 atom stereocenters. The fourth-order valence-corrected chi connectivity index (χ4v) is 6.69. The van der Waals surface area contributed by atoms with Crippen LogP contribution in [0.2, 0.25) is 5.02 Å². The molecule has 11 heteroatoms. The van der Waals surface area contributed by atoms with Crippen molar-refractivity contribution in [3.8, 4) is 23.3 Å². The minimum absolute atomic E-state index is 0.132. The van der Waals surface area contributed by atoms with Crippen LogP contribution < -0.4 is 29.1 Å². The molecule has 0 amide bonds. The van der Waals surface area contributed by atoms with Gasteiger partial charge in [0.2, 0.25) is 0 Å². The minimum atomic E-state index is -0.904. The van der Waals surface area contributed by atoms with E-state index in [0.717, 1.165) is 5.56 Å². The molecule has 0 saturated heterocycles. The van der Waals surface area contributed by atoms with Crippen molar-refractivity contribution < 1.29 is 23.7 Å². The number of carbonyl (C=O) groups is 1. The molecule has 0 saturated carbocycles. The summed E-state index contributed by atoms with van der Waals surface area (Å²) in [6.45, 7) is 2.10. The maximum atomic E-state index is 14.4. The van der Waals surface area contributed by atoms with Crippen LogP contribution in [0.4, 0.5) is 0 Å². The summed E-state index contributed by atoms with van der Waals surface area (Å²) in [6.07, 6.45) is 1.71.